The first-order valence-electron chi connectivity index (χ1n) is 9.87. The molecule has 0 aromatic heterocycles. The third-order valence-corrected chi connectivity index (χ3v) is 5.15. The molecule has 0 fully saturated rings. The third-order valence-electron chi connectivity index (χ3n) is 4.86. The van der Waals surface area contributed by atoms with Gasteiger partial charge in [0.2, 0.25) is 0 Å². The number of anilines is 1. The maximum absolute atomic E-state index is 13.2. The van der Waals surface area contributed by atoms with E-state index in [2.05, 4.69) is 31.4 Å². The molecule has 3 aromatic carbocycles. The maximum Gasteiger partial charge on any atom is 0.255 e. The van der Waals surface area contributed by atoms with E-state index in [0.29, 0.717) is 23.4 Å². The van der Waals surface area contributed by atoms with Crippen molar-refractivity contribution in [2.75, 3.05) is 5.32 Å². The Hall–Kier alpha value is -3.18. The minimum Gasteiger partial charge on any atom is -0.348 e. The molecule has 0 saturated heterocycles. The van der Waals surface area contributed by atoms with Crippen molar-refractivity contribution in [1.29, 1.82) is 0 Å². The van der Waals surface area contributed by atoms with Gasteiger partial charge in [-0.2, -0.15) is 0 Å². The van der Waals surface area contributed by atoms with Crippen molar-refractivity contribution < 1.29 is 14.0 Å². The van der Waals surface area contributed by atoms with Crippen LogP contribution in [0.25, 0.3) is 0 Å². The van der Waals surface area contributed by atoms with Crippen LogP contribution in [-0.2, 0) is 12.0 Å². The van der Waals surface area contributed by atoms with Crippen molar-refractivity contribution >= 4 is 29.1 Å². The molecule has 0 saturated carbocycles. The molecule has 0 radical (unpaired) electrons. The number of halogens is 2. The topological polar surface area (TPSA) is 58.2 Å². The van der Waals surface area contributed by atoms with Crippen molar-refractivity contribution in [1.82, 2.24) is 5.32 Å². The van der Waals surface area contributed by atoms with E-state index < -0.39 is 5.82 Å². The summed E-state index contributed by atoms with van der Waals surface area (Å²) in [7, 11) is 0. The summed E-state index contributed by atoms with van der Waals surface area (Å²) in [5, 5.41) is 5.50. The molecular weight excluding hydrogens is 415 g/mol. The fourth-order valence-corrected chi connectivity index (χ4v) is 3.14. The van der Waals surface area contributed by atoms with E-state index in [4.69, 9.17) is 11.6 Å². The molecular formula is C25H24ClFN2O2. The van der Waals surface area contributed by atoms with Gasteiger partial charge in [-0.15, -0.1) is 0 Å². The Kier molecular flexibility index (Phi) is 6.76. The van der Waals surface area contributed by atoms with Gasteiger partial charge >= 0.3 is 0 Å². The second-order valence-corrected chi connectivity index (χ2v) is 8.70. The van der Waals surface area contributed by atoms with Crippen molar-refractivity contribution in [3.05, 3.63) is 99.8 Å². The minimum atomic E-state index is -0.545. The Balaban J connectivity index is 1.57. The lowest BCUT2D eigenvalue weighted by Gasteiger charge is -2.19. The van der Waals surface area contributed by atoms with Gasteiger partial charge < -0.3 is 10.6 Å². The average Bonchev–Trinajstić information content (AvgIpc) is 2.74. The van der Waals surface area contributed by atoms with Crippen LogP contribution in [0.4, 0.5) is 10.1 Å². The highest BCUT2D eigenvalue weighted by Crippen LogP contribution is 2.22. The molecule has 0 aliphatic heterocycles. The first kappa shape index (κ1) is 22.5. The van der Waals surface area contributed by atoms with Crippen LogP contribution in [0.2, 0.25) is 5.02 Å². The molecule has 3 rings (SSSR count). The summed E-state index contributed by atoms with van der Waals surface area (Å²) in [6.45, 7) is 6.72. The molecule has 3 aromatic rings. The van der Waals surface area contributed by atoms with Crippen LogP contribution in [0.5, 0.6) is 0 Å². The van der Waals surface area contributed by atoms with Gasteiger partial charge in [0, 0.05) is 23.4 Å². The summed E-state index contributed by atoms with van der Waals surface area (Å²) in [4.78, 5) is 24.7. The summed E-state index contributed by atoms with van der Waals surface area (Å²) in [6.07, 6.45) is 0. The quantitative estimate of drug-likeness (QED) is 0.516. The Morgan fingerprint density at radius 3 is 2.03 bits per heavy atom. The zero-order chi connectivity index (χ0) is 22.6. The Morgan fingerprint density at radius 2 is 1.45 bits per heavy atom. The third kappa shape index (κ3) is 5.92. The lowest BCUT2D eigenvalue weighted by molar-refractivity contribution is 0.0949. The molecule has 0 heterocycles. The predicted octanol–water partition coefficient (Wildman–Crippen LogP) is 5.96. The van der Waals surface area contributed by atoms with E-state index in [-0.39, 0.29) is 22.3 Å². The fraction of sp³-hybridized carbons (Fsp3) is 0.200. The van der Waals surface area contributed by atoms with Gasteiger partial charge in [-0.25, -0.2) is 4.39 Å². The van der Waals surface area contributed by atoms with Crippen molar-refractivity contribution in [2.24, 2.45) is 0 Å². The molecule has 31 heavy (non-hydrogen) atoms. The number of carbonyl (C=O) groups is 2. The molecule has 4 nitrogen and oxygen atoms in total. The molecule has 0 spiro atoms. The van der Waals surface area contributed by atoms with Gasteiger partial charge in [-0.1, -0.05) is 56.6 Å². The van der Waals surface area contributed by atoms with E-state index >= 15 is 0 Å². The van der Waals surface area contributed by atoms with Crippen LogP contribution in [0.15, 0.2) is 66.7 Å². The van der Waals surface area contributed by atoms with E-state index in [1.54, 1.807) is 24.3 Å². The Bertz CT molecular complexity index is 1090. The average molecular weight is 439 g/mol. The van der Waals surface area contributed by atoms with Gasteiger partial charge in [0.05, 0.1) is 5.02 Å². The molecule has 6 heteroatoms. The highest BCUT2D eigenvalue weighted by atomic mass is 35.5. The van der Waals surface area contributed by atoms with Crippen LogP contribution < -0.4 is 10.6 Å². The summed E-state index contributed by atoms with van der Waals surface area (Å²) in [5.74, 6) is -1.04. The van der Waals surface area contributed by atoms with E-state index in [1.165, 1.54) is 23.8 Å². The first-order chi connectivity index (χ1) is 14.6. The molecule has 160 valence electrons. The lowest BCUT2D eigenvalue weighted by Crippen LogP contribution is -2.23. The number of amides is 2. The van der Waals surface area contributed by atoms with Crippen LogP contribution in [-0.4, -0.2) is 11.8 Å². The summed E-state index contributed by atoms with van der Waals surface area (Å²) >= 11 is 5.74. The minimum absolute atomic E-state index is 0.0337. The number of hydrogen-bond acceptors (Lipinski definition) is 2. The normalized spacial score (nSPS) is 11.1. The van der Waals surface area contributed by atoms with Crippen LogP contribution in [0.3, 0.4) is 0 Å². The summed E-state index contributed by atoms with van der Waals surface area (Å²) in [6, 6.07) is 18.5. The Labute approximate surface area is 186 Å². The molecule has 0 unspecified atom stereocenters. The highest BCUT2D eigenvalue weighted by molar-refractivity contribution is 6.31. The van der Waals surface area contributed by atoms with Crippen LogP contribution in [0.1, 0.15) is 52.6 Å². The smallest absolute Gasteiger partial charge is 0.255 e. The molecule has 2 N–H and O–H groups in total. The molecule has 0 aliphatic carbocycles. The number of nitrogens with one attached hydrogen (secondary N) is 2. The monoisotopic (exact) mass is 438 g/mol. The van der Waals surface area contributed by atoms with Gasteiger partial charge in [0.25, 0.3) is 11.8 Å². The second-order valence-electron chi connectivity index (χ2n) is 8.29. The van der Waals surface area contributed by atoms with E-state index in [1.807, 2.05) is 24.3 Å². The zero-order valence-corrected chi connectivity index (χ0v) is 18.4. The van der Waals surface area contributed by atoms with Crippen molar-refractivity contribution in [3.8, 4) is 0 Å². The number of carbonyl (C=O) groups excluding carboxylic acids is 2. The standard InChI is InChI=1S/C25H24ClFN2O2/c1-25(2,3)19-10-8-17(9-11-19)23(30)28-15-16-4-6-18(7-5-16)24(31)29-20-12-13-22(27)21(26)14-20/h4-14H,15H2,1-3H3,(H,28,30)(H,29,31). The van der Waals surface area contributed by atoms with Crippen molar-refractivity contribution in [3.63, 3.8) is 0 Å². The summed E-state index contributed by atoms with van der Waals surface area (Å²) < 4.78 is 13.2. The van der Waals surface area contributed by atoms with E-state index in [0.717, 1.165) is 5.56 Å². The fourth-order valence-electron chi connectivity index (χ4n) is 2.96. The van der Waals surface area contributed by atoms with Crippen LogP contribution in [0, 0.1) is 5.82 Å². The number of rotatable bonds is 5. The van der Waals surface area contributed by atoms with E-state index in [9.17, 15) is 14.0 Å². The predicted molar refractivity (Wildman–Crippen MR) is 122 cm³/mol. The van der Waals surface area contributed by atoms with Gasteiger partial charge in [-0.05, 0) is 59.0 Å². The maximum atomic E-state index is 13.2. The summed E-state index contributed by atoms with van der Waals surface area (Å²) in [5.41, 5.74) is 3.51. The Morgan fingerprint density at radius 1 is 0.871 bits per heavy atom. The highest BCUT2D eigenvalue weighted by Gasteiger charge is 2.14. The lowest BCUT2D eigenvalue weighted by atomic mass is 9.87. The molecule has 0 aliphatic rings. The molecule has 0 bridgehead atoms. The number of benzene rings is 3. The van der Waals surface area contributed by atoms with Crippen LogP contribution >= 0.6 is 11.6 Å². The van der Waals surface area contributed by atoms with Gasteiger partial charge in [-0.3, -0.25) is 9.59 Å². The zero-order valence-electron chi connectivity index (χ0n) is 17.6. The SMILES string of the molecule is CC(C)(C)c1ccc(C(=O)NCc2ccc(C(=O)Nc3ccc(F)c(Cl)c3)cc2)cc1. The number of hydrogen-bond donors (Lipinski definition) is 2. The van der Waals surface area contributed by atoms with Gasteiger partial charge in [0.1, 0.15) is 5.82 Å². The second kappa shape index (κ2) is 9.31. The molecule has 2 amide bonds. The van der Waals surface area contributed by atoms with Gasteiger partial charge in [0.15, 0.2) is 0 Å². The largest absolute Gasteiger partial charge is 0.348 e. The first-order valence-corrected chi connectivity index (χ1v) is 10.3. The van der Waals surface area contributed by atoms with Crippen molar-refractivity contribution in [2.45, 2.75) is 32.7 Å². The molecule has 0 atom stereocenters.